The summed E-state index contributed by atoms with van der Waals surface area (Å²) in [6.45, 7) is 5.99. The zero-order chi connectivity index (χ0) is 12.3. The maximum Gasteiger partial charge on any atom is 0.265 e. The third kappa shape index (κ3) is 3.28. The number of nitrogens with zero attached hydrogens (tertiary/aromatic N) is 1. The lowest BCUT2D eigenvalue weighted by molar-refractivity contribution is -0.884. The summed E-state index contributed by atoms with van der Waals surface area (Å²) in [4.78, 5) is 13.5. The number of quaternary nitrogens is 1. The third-order valence-corrected chi connectivity index (χ3v) is 3.16. The van der Waals surface area contributed by atoms with Crippen LogP contribution in [0.5, 0.6) is 0 Å². The Bertz CT molecular complexity index is 397. The van der Waals surface area contributed by atoms with E-state index in [2.05, 4.69) is 12.5 Å². The van der Waals surface area contributed by atoms with Gasteiger partial charge >= 0.3 is 0 Å². The van der Waals surface area contributed by atoms with E-state index < -0.39 is 0 Å². The molecule has 2 N–H and O–H groups in total. The minimum Gasteiger partial charge on any atom is -0.335 e. The predicted octanol–water partition coefficient (Wildman–Crippen LogP) is -0.530. The highest BCUT2D eigenvalue weighted by Gasteiger charge is 2.18. The average molecular weight is 234 g/mol. The van der Waals surface area contributed by atoms with Crippen LogP contribution in [0.1, 0.15) is 15.9 Å². The molecule has 0 aromatic heterocycles. The van der Waals surface area contributed by atoms with E-state index >= 15 is 0 Å². The van der Waals surface area contributed by atoms with Gasteiger partial charge in [0.15, 0.2) is 0 Å². The van der Waals surface area contributed by atoms with Gasteiger partial charge in [0.05, 0.1) is 33.2 Å². The van der Waals surface area contributed by atoms with Crippen LogP contribution in [-0.2, 0) is 0 Å². The normalized spacial score (nSPS) is 18.0. The summed E-state index contributed by atoms with van der Waals surface area (Å²) in [5.41, 5.74) is 4.81. The van der Waals surface area contributed by atoms with E-state index in [1.165, 1.54) is 4.90 Å². The van der Waals surface area contributed by atoms with Crippen molar-refractivity contribution >= 4 is 5.91 Å². The first-order valence-electron chi connectivity index (χ1n) is 6.09. The molecule has 0 unspecified atom stereocenters. The van der Waals surface area contributed by atoms with E-state index in [1.54, 1.807) is 0 Å². The number of nitrogens with one attached hydrogen (secondary N) is 2. The van der Waals surface area contributed by atoms with Crippen molar-refractivity contribution in [3.63, 3.8) is 0 Å². The second-order valence-corrected chi connectivity index (χ2v) is 4.75. The second-order valence-electron chi connectivity index (χ2n) is 4.75. The molecule has 1 saturated heterocycles. The Hall–Kier alpha value is -1.39. The Morgan fingerprint density at radius 1 is 1.35 bits per heavy atom. The first-order valence-corrected chi connectivity index (χ1v) is 6.09. The van der Waals surface area contributed by atoms with Gasteiger partial charge in [-0.15, -0.1) is 0 Å². The molecule has 92 valence electrons. The quantitative estimate of drug-likeness (QED) is 0.722. The summed E-state index contributed by atoms with van der Waals surface area (Å²) in [6, 6.07) is 7.68. The Morgan fingerprint density at radius 3 is 2.71 bits per heavy atom. The molecule has 0 aliphatic carbocycles. The van der Waals surface area contributed by atoms with Gasteiger partial charge in [0.2, 0.25) is 0 Å². The van der Waals surface area contributed by atoms with Gasteiger partial charge in [-0.2, -0.15) is 0 Å². The first kappa shape index (κ1) is 12.1. The summed E-state index contributed by atoms with van der Waals surface area (Å²) >= 11 is 0. The summed E-state index contributed by atoms with van der Waals surface area (Å²) in [5, 5.41) is 2.01. The zero-order valence-corrected chi connectivity index (χ0v) is 10.5. The van der Waals surface area contributed by atoms with Gasteiger partial charge in [0.1, 0.15) is 0 Å². The monoisotopic (exact) mass is 234 g/mol. The summed E-state index contributed by atoms with van der Waals surface area (Å²) < 4.78 is 0. The van der Waals surface area contributed by atoms with Crippen LogP contribution in [0.4, 0.5) is 0 Å². The lowest BCUT2D eigenvalue weighted by Gasteiger charge is -2.30. The SMILES string of the molecule is Cc1cccc(C(=O)NN2CC[NH+](C)CC2)c1. The Balaban J connectivity index is 1.93. The highest BCUT2D eigenvalue weighted by atomic mass is 16.2. The van der Waals surface area contributed by atoms with Crippen LogP contribution in [0.2, 0.25) is 0 Å². The zero-order valence-electron chi connectivity index (χ0n) is 10.5. The van der Waals surface area contributed by atoms with Crippen molar-refractivity contribution in [3.8, 4) is 0 Å². The highest BCUT2D eigenvalue weighted by molar-refractivity contribution is 5.93. The highest BCUT2D eigenvalue weighted by Crippen LogP contribution is 2.03. The van der Waals surface area contributed by atoms with Crippen molar-refractivity contribution < 1.29 is 9.69 Å². The number of benzene rings is 1. The molecular formula is C13H20N3O+. The van der Waals surface area contributed by atoms with Gasteiger partial charge in [-0.3, -0.25) is 10.2 Å². The number of hydrazine groups is 1. The molecule has 1 amide bonds. The van der Waals surface area contributed by atoms with Gasteiger partial charge in [-0.05, 0) is 19.1 Å². The molecule has 1 heterocycles. The summed E-state index contributed by atoms with van der Waals surface area (Å²) in [7, 11) is 2.18. The van der Waals surface area contributed by atoms with E-state index in [9.17, 15) is 4.79 Å². The van der Waals surface area contributed by atoms with E-state index in [0.717, 1.165) is 37.3 Å². The number of rotatable bonds is 2. The lowest BCUT2D eigenvalue weighted by Crippen LogP contribution is -3.12. The molecule has 0 saturated carbocycles. The first-order chi connectivity index (χ1) is 8.15. The van der Waals surface area contributed by atoms with E-state index in [0.29, 0.717) is 0 Å². The number of carbonyl (C=O) groups excluding carboxylic acids is 1. The smallest absolute Gasteiger partial charge is 0.265 e. The average Bonchev–Trinajstić information content (AvgIpc) is 2.32. The van der Waals surface area contributed by atoms with Gasteiger partial charge in [0, 0.05) is 5.56 Å². The van der Waals surface area contributed by atoms with Crippen LogP contribution in [0, 0.1) is 6.92 Å². The molecule has 1 aromatic carbocycles. The number of piperazine rings is 1. The van der Waals surface area contributed by atoms with Gasteiger partial charge < -0.3 is 4.90 Å². The second kappa shape index (κ2) is 5.29. The molecule has 0 radical (unpaired) electrons. The number of hydrogen-bond acceptors (Lipinski definition) is 2. The Labute approximate surface area is 102 Å². The predicted molar refractivity (Wildman–Crippen MR) is 66.8 cm³/mol. The number of hydrogen-bond donors (Lipinski definition) is 2. The van der Waals surface area contributed by atoms with Crippen LogP contribution in [-0.4, -0.2) is 44.1 Å². The molecule has 1 aromatic rings. The lowest BCUT2D eigenvalue weighted by atomic mass is 10.1. The minimum absolute atomic E-state index is 0.00625. The Kier molecular flexibility index (Phi) is 3.76. The van der Waals surface area contributed by atoms with Gasteiger partial charge in [0.25, 0.3) is 5.91 Å². The van der Waals surface area contributed by atoms with Crippen molar-refractivity contribution in [2.75, 3.05) is 33.2 Å². The Morgan fingerprint density at radius 2 is 2.06 bits per heavy atom. The molecule has 17 heavy (non-hydrogen) atoms. The molecule has 0 atom stereocenters. The van der Waals surface area contributed by atoms with Crippen LogP contribution in [0.15, 0.2) is 24.3 Å². The number of amides is 1. The molecule has 1 aliphatic heterocycles. The third-order valence-electron chi connectivity index (χ3n) is 3.16. The topological polar surface area (TPSA) is 36.8 Å². The molecule has 1 fully saturated rings. The van der Waals surface area contributed by atoms with Crippen molar-refractivity contribution in [2.24, 2.45) is 0 Å². The van der Waals surface area contributed by atoms with Crippen LogP contribution in [0.25, 0.3) is 0 Å². The molecule has 1 aliphatic rings. The van der Waals surface area contributed by atoms with Gasteiger partial charge in [-0.1, -0.05) is 17.7 Å². The van der Waals surface area contributed by atoms with Crippen molar-refractivity contribution in [1.82, 2.24) is 10.4 Å². The standard InChI is InChI=1S/C13H19N3O/c1-11-4-3-5-12(10-11)13(17)14-16-8-6-15(2)7-9-16/h3-5,10H,6-9H2,1-2H3,(H,14,17)/p+1. The van der Waals surface area contributed by atoms with E-state index in [-0.39, 0.29) is 5.91 Å². The summed E-state index contributed by atoms with van der Waals surface area (Å²) in [6.07, 6.45) is 0. The largest absolute Gasteiger partial charge is 0.335 e. The molecule has 4 nitrogen and oxygen atoms in total. The van der Waals surface area contributed by atoms with Crippen molar-refractivity contribution in [3.05, 3.63) is 35.4 Å². The molecule has 0 spiro atoms. The molecule has 2 rings (SSSR count). The molecule has 0 bridgehead atoms. The van der Waals surface area contributed by atoms with Crippen LogP contribution >= 0.6 is 0 Å². The van der Waals surface area contributed by atoms with Crippen LogP contribution < -0.4 is 10.3 Å². The molecular weight excluding hydrogens is 214 g/mol. The fourth-order valence-electron chi connectivity index (χ4n) is 1.99. The van der Waals surface area contributed by atoms with Crippen molar-refractivity contribution in [1.29, 1.82) is 0 Å². The van der Waals surface area contributed by atoms with Gasteiger partial charge in [-0.25, -0.2) is 5.01 Å². The fourth-order valence-corrected chi connectivity index (χ4v) is 1.99. The van der Waals surface area contributed by atoms with Crippen molar-refractivity contribution in [2.45, 2.75) is 6.92 Å². The minimum atomic E-state index is -0.00625. The van der Waals surface area contributed by atoms with E-state index in [1.807, 2.05) is 36.2 Å². The number of carbonyl (C=O) groups is 1. The molecule has 4 heteroatoms. The maximum absolute atomic E-state index is 12.0. The van der Waals surface area contributed by atoms with Crippen LogP contribution in [0.3, 0.4) is 0 Å². The fraction of sp³-hybridized carbons (Fsp3) is 0.462. The van der Waals surface area contributed by atoms with E-state index in [4.69, 9.17) is 0 Å². The summed E-state index contributed by atoms with van der Waals surface area (Å²) in [5.74, 6) is -0.00625. The maximum atomic E-state index is 12.0. The number of likely N-dealkylation sites (N-methyl/N-ethyl adjacent to an activating group) is 1. The number of aryl methyl sites for hydroxylation is 1.